The van der Waals surface area contributed by atoms with E-state index in [2.05, 4.69) is 38.2 Å². The van der Waals surface area contributed by atoms with Gasteiger partial charge in [-0.2, -0.15) is 0 Å². The number of rotatable bonds is 5. The van der Waals surface area contributed by atoms with Crippen molar-refractivity contribution in [1.82, 2.24) is 10.2 Å². The Bertz CT molecular complexity index is 204. The molecule has 1 rings (SSSR count). The molecule has 16 heavy (non-hydrogen) atoms. The molecular formula is C13H28N2O. The van der Waals surface area contributed by atoms with Crippen LogP contribution in [-0.4, -0.2) is 49.3 Å². The van der Waals surface area contributed by atoms with Crippen molar-refractivity contribution in [1.29, 1.82) is 0 Å². The summed E-state index contributed by atoms with van der Waals surface area (Å²) in [4.78, 5) is 2.22. The molecule has 0 bridgehead atoms. The maximum absolute atomic E-state index is 9.87. The van der Waals surface area contributed by atoms with E-state index in [4.69, 9.17) is 0 Å². The van der Waals surface area contributed by atoms with Gasteiger partial charge in [-0.1, -0.05) is 26.7 Å². The van der Waals surface area contributed by atoms with E-state index < -0.39 is 0 Å². The van der Waals surface area contributed by atoms with Crippen molar-refractivity contribution >= 4 is 0 Å². The molecule has 0 aliphatic heterocycles. The Morgan fingerprint density at radius 2 is 1.88 bits per heavy atom. The highest BCUT2D eigenvalue weighted by Gasteiger charge is 2.25. The molecule has 0 aromatic carbocycles. The van der Waals surface area contributed by atoms with Gasteiger partial charge < -0.3 is 15.3 Å². The van der Waals surface area contributed by atoms with Crippen LogP contribution < -0.4 is 5.32 Å². The van der Waals surface area contributed by atoms with E-state index in [1.54, 1.807) is 0 Å². The van der Waals surface area contributed by atoms with Crippen molar-refractivity contribution in [2.45, 2.75) is 51.7 Å². The zero-order chi connectivity index (χ0) is 12.2. The summed E-state index contributed by atoms with van der Waals surface area (Å²) in [6.45, 7) is 6.60. The first-order chi connectivity index (χ1) is 7.41. The number of nitrogens with zero attached hydrogens (tertiary/aromatic N) is 1. The molecule has 3 nitrogen and oxygen atoms in total. The molecule has 1 saturated carbocycles. The van der Waals surface area contributed by atoms with Crippen LogP contribution >= 0.6 is 0 Å². The molecule has 3 heteroatoms. The molecule has 0 heterocycles. The van der Waals surface area contributed by atoms with E-state index in [1.807, 2.05) is 0 Å². The lowest BCUT2D eigenvalue weighted by Gasteiger charge is -2.34. The zero-order valence-electron chi connectivity index (χ0n) is 11.3. The lowest BCUT2D eigenvalue weighted by atomic mass is 9.89. The largest absolute Gasteiger partial charge is 0.392 e. The SMILES string of the molecule is CN(C)CC(C)(C)CN[C@H]1CCCC[C@@H]1O. The third kappa shape index (κ3) is 4.81. The predicted molar refractivity (Wildman–Crippen MR) is 68.6 cm³/mol. The third-order valence-electron chi connectivity index (χ3n) is 3.32. The van der Waals surface area contributed by atoms with Gasteiger partial charge >= 0.3 is 0 Å². The van der Waals surface area contributed by atoms with Crippen LogP contribution in [0, 0.1) is 5.41 Å². The monoisotopic (exact) mass is 228 g/mol. The first-order valence-corrected chi connectivity index (χ1v) is 6.47. The molecule has 0 unspecified atom stereocenters. The Hall–Kier alpha value is -0.120. The Kier molecular flexibility index (Phi) is 5.22. The van der Waals surface area contributed by atoms with Gasteiger partial charge in [-0.15, -0.1) is 0 Å². The maximum Gasteiger partial charge on any atom is 0.0693 e. The fourth-order valence-corrected chi connectivity index (χ4v) is 2.67. The second kappa shape index (κ2) is 5.99. The fraction of sp³-hybridized carbons (Fsp3) is 1.00. The van der Waals surface area contributed by atoms with E-state index in [9.17, 15) is 5.11 Å². The predicted octanol–water partition coefficient (Wildman–Crippen LogP) is 1.47. The molecule has 1 fully saturated rings. The van der Waals surface area contributed by atoms with E-state index >= 15 is 0 Å². The van der Waals surface area contributed by atoms with Crippen molar-refractivity contribution in [2.75, 3.05) is 27.2 Å². The Labute approximate surface area is 100 Å². The number of hydrogen-bond acceptors (Lipinski definition) is 3. The molecule has 2 atom stereocenters. The third-order valence-corrected chi connectivity index (χ3v) is 3.32. The van der Waals surface area contributed by atoms with Gasteiger partial charge in [0.15, 0.2) is 0 Å². The van der Waals surface area contributed by atoms with Gasteiger partial charge in [0, 0.05) is 19.1 Å². The van der Waals surface area contributed by atoms with E-state index in [0.29, 0.717) is 6.04 Å². The molecule has 0 amide bonds. The summed E-state index contributed by atoms with van der Waals surface area (Å²) >= 11 is 0. The number of aliphatic hydroxyl groups excluding tert-OH is 1. The summed E-state index contributed by atoms with van der Waals surface area (Å²) in [6, 6.07) is 0.315. The molecule has 0 saturated heterocycles. The molecule has 2 N–H and O–H groups in total. The highest BCUT2D eigenvalue weighted by atomic mass is 16.3. The minimum atomic E-state index is -0.135. The van der Waals surface area contributed by atoms with Gasteiger partial charge in [-0.05, 0) is 32.4 Å². The summed E-state index contributed by atoms with van der Waals surface area (Å²) < 4.78 is 0. The first-order valence-electron chi connectivity index (χ1n) is 6.47. The fourth-order valence-electron chi connectivity index (χ4n) is 2.67. The molecule has 0 aromatic rings. The second-order valence-electron chi connectivity index (χ2n) is 6.24. The summed E-state index contributed by atoms with van der Waals surface area (Å²) in [5.74, 6) is 0. The Balaban J connectivity index is 2.31. The van der Waals surface area contributed by atoms with Crippen LogP contribution in [0.2, 0.25) is 0 Å². The van der Waals surface area contributed by atoms with Gasteiger partial charge in [-0.3, -0.25) is 0 Å². The van der Waals surface area contributed by atoms with Crippen molar-refractivity contribution in [2.24, 2.45) is 5.41 Å². The van der Waals surface area contributed by atoms with Crippen molar-refractivity contribution in [3.05, 3.63) is 0 Å². The number of nitrogens with one attached hydrogen (secondary N) is 1. The first kappa shape index (κ1) is 13.9. The van der Waals surface area contributed by atoms with Gasteiger partial charge in [0.2, 0.25) is 0 Å². The molecule has 1 aliphatic carbocycles. The van der Waals surface area contributed by atoms with Crippen molar-refractivity contribution in [3.8, 4) is 0 Å². The molecule has 1 aliphatic rings. The van der Waals surface area contributed by atoms with E-state index in [0.717, 1.165) is 25.9 Å². The molecule has 96 valence electrons. The Morgan fingerprint density at radius 1 is 1.25 bits per heavy atom. The smallest absolute Gasteiger partial charge is 0.0693 e. The van der Waals surface area contributed by atoms with Crippen LogP contribution in [0.15, 0.2) is 0 Å². The highest BCUT2D eigenvalue weighted by Crippen LogP contribution is 2.20. The second-order valence-corrected chi connectivity index (χ2v) is 6.24. The van der Waals surface area contributed by atoms with Crippen LogP contribution in [0.5, 0.6) is 0 Å². The molecule has 0 aromatic heterocycles. The average molecular weight is 228 g/mol. The maximum atomic E-state index is 9.87. The van der Waals surface area contributed by atoms with Gasteiger partial charge in [0.25, 0.3) is 0 Å². The van der Waals surface area contributed by atoms with E-state index in [1.165, 1.54) is 12.8 Å². The van der Waals surface area contributed by atoms with Crippen LogP contribution in [0.4, 0.5) is 0 Å². The minimum Gasteiger partial charge on any atom is -0.392 e. The van der Waals surface area contributed by atoms with Crippen LogP contribution in [-0.2, 0) is 0 Å². The lowest BCUT2D eigenvalue weighted by Crippen LogP contribution is -2.47. The minimum absolute atomic E-state index is 0.135. The Morgan fingerprint density at radius 3 is 2.44 bits per heavy atom. The summed E-state index contributed by atoms with van der Waals surface area (Å²) in [5.41, 5.74) is 0.265. The van der Waals surface area contributed by atoms with Gasteiger partial charge in [0.05, 0.1) is 6.10 Å². The topological polar surface area (TPSA) is 35.5 Å². The van der Waals surface area contributed by atoms with Gasteiger partial charge in [0.1, 0.15) is 0 Å². The van der Waals surface area contributed by atoms with Crippen molar-refractivity contribution in [3.63, 3.8) is 0 Å². The summed E-state index contributed by atoms with van der Waals surface area (Å²) in [5, 5.41) is 13.4. The molecular weight excluding hydrogens is 200 g/mol. The zero-order valence-corrected chi connectivity index (χ0v) is 11.3. The normalized spacial score (nSPS) is 27.4. The average Bonchev–Trinajstić information content (AvgIpc) is 2.14. The van der Waals surface area contributed by atoms with Crippen LogP contribution in [0.25, 0.3) is 0 Å². The van der Waals surface area contributed by atoms with E-state index in [-0.39, 0.29) is 11.5 Å². The van der Waals surface area contributed by atoms with Gasteiger partial charge in [-0.25, -0.2) is 0 Å². The number of aliphatic hydroxyl groups is 1. The van der Waals surface area contributed by atoms with Crippen LogP contribution in [0.3, 0.4) is 0 Å². The summed E-state index contributed by atoms with van der Waals surface area (Å²) in [7, 11) is 4.22. The van der Waals surface area contributed by atoms with Crippen LogP contribution in [0.1, 0.15) is 39.5 Å². The van der Waals surface area contributed by atoms with Crippen molar-refractivity contribution < 1.29 is 5.11 Å². The summed E-state index contributed by atoms with van der Waals surface area (Å²) in [6.07, 6.45) is 4.39. The number of hydrogen-bond donors (Lipinski definition) is 2. The lowest BCUT2D eigenvalue weighted by molar-refractivity contribution is 0.0831. The quantitative estimate of drug-likeness (QED) is 0.748. The standard InChI is InChI=1S/C13H28N2O/c1-13(2,10-15(3)4)9-14-11-7-5-6-8-12(11)16/h11-12,14,16H,5-10H2,1-4H3/t11-,12-/m0/s1. The molecule has 0 spiro atoms. The highest BCUT2D eigenvalue weighted by molar-refractivity contribution is 4.83. The molecule has 0 radical (unpaired) electrons.